The Morgan fingerprint density at radius 3 is 2.54 bits per heavy atom. The second kappa shape index (κ2) is 14.1. The molecule has 0 radical (unpaired) electrons. The number of carbonyl (C=O) groups excluding carboxylic acids is 1. The zero-order valence-electron chi connectivity index (χ0n) is 23.3. The van der Waals surface area contributed by atoms with E-state index in [-0.39, 0.29) is 42.0 Å². The Labute approximate surface area is 229 Å². The van der Waals surface area contributed by atoms with Gasteiger partial charge in [-0.3, -0.25) is 9.36 Å². The van der Waals surface area contributed by atoms with E-state index < -0.39 is 6.29 Å². The molecule has 39 heavy (non-hydrogen) atoms. The molecule has 1 amide bonds. The molecule has 216 valence electrons. The molecule has 0 bridgehead atoms. The topological polar surface area (TPSA) is 115 Å². The predicted octanol–water partition coefficient (Wildman–Crippen LogP) is 3.07. The van der Waals surface area contributed by atoms with Crippen molar-refractivity contribution in [2.45, 2.75) is 52.4 Å². The summed E-state index contributed by atoms with van der Waals surface area (Å²) in [5.74, 6) is 0.678. The number of piperidine rings is 1. The van der Waals surface area contributed by atoms with Crippen LogP contribution < -0.4 is 5.69 Å². The lowest BCUT2D eigenvalue weighted by atomic mass is 9.79. The first kappa shape index (κ1) is 29.3. The van der Waals surface area contributed by atoms with Crippen LogP contribution in [0, 0.1) is 17.8 Å². The van der Waals surface area contributed by atoms with Crippen LogP contribution in [0.4, 0.5) is 0 Å². The summed E-state index contributed by atoms with van der Waals surface area (Å²) in [6.45, 7) is 9.55. The Morgan fingerprint density at radius 2 is 1.85 bits per heavy atom. The number of aliphatic hydroxyl groups excluding tert-OH is 1. The largest absolute Gasteiger partial charge is 0.459 e. The molecule has 1 aromatic carbocycles. The van der Waals surface area contributed by atoms with Crippen LogP contribution in [0.25, 0.3) is 11.0 Å². The average Bonchev–Trinajstić information content (AvgIpc) is 3.28. The van der Waals surface area contributed by atoms with Gasteiger partial charge in [-0.1, -0.05) is 26.0 Å². The molecule has 4 rings (SSSR count). The van der Waals surface area contributed by atoms with Crippen molar-refractivity contribution in [2.75, 3.05) is 52.7 Å². The summed E-state index contributed by atoms with van der Waals surface area (Å²) in [5.41, 5.74) is 1.63. The van der Waals surface area contributed by atoms with E-state index >= 15 is 0 Å². The maximum atomic E-state index is 13.6. The zero-order valence-corrected chi connectivity index (χ0v) is 23.3. The minimum Gasteiger partial charge on any atom is -0.459 e. The minimum atomic E-state index is -0.525. The summed E-state index contributed by atoms with van der Waals surface area (Å²) >= 11 is 0. The van der Waals surface area contributed by atoms with E-state index in [1.807, 2.05) is 46.7 Å². The number of allylic oxidation sites excluding steroid dienone is 1. The van der Waals surface area contributed by atoms with Crippen LogP contribution in [0.2, 0.25) is 0 Å². The number of benzene rings is 1. The molecule has 1 aromatic heterocycles. The highest BCUT2D eigenvalue weighted by Gasteiger charge is 2.40. The molecule has 2 aromatic rings. The molecule has 0 saturated carbocycles. The van der Waals surface area contributed by atoms with Crippen molar-refractivity contribution in [3.05, 3.63) is 46.6 Å². The van der Waals surface area contributed by atoms with Crippen LogP contribution in [0.15, 0.2) is 40.9 Å². The number of aromatic nitrogens is 2. The molecule has 1 fully saturated rings. The third-order valence-corrected chi connectivity index (χ3v) is 7.69. The number of nitrogens with zero attached hydrogens (tertiary/aromatic N) is 2. The molecule has 3 heterocycles. The summed E-state index contributed by atoms with van der Waals surface area (Å²) in [6, 6.07) is 7.75. The number of aliphatic hydroxyl groups is 1. The van der Waals surface area contributed by atoms with Crippen LogP contribution in [0.3, 0.4) is 0 Å². The second-order valence-corrected chi connectivity index (χ2v) is 10.5. The van der Waals surface area contributed by atoms with Crippen molar-refractivity contribution in [3.63, 3.8) is 0 Å². The Balaban J connectivity index is 1.39. The van der Waals surface area contributed by atoms with Crippen molar-refractivity contribution < 1.29 is 28.8 Å². The third-order valence-electron chi connectivity index (χ3n) is 7.69. The van der Waals surface area contributed by atoms with Gasteiger partial charge in [0.05, 0.1) is 37.5 Å². The van der Waals surface area contributed by atoms with Gasteiger partial charge < -0.3 is 33.9 Å². The molecular weight excluding hydrogens is 502 g/mol. The van der Waals surface area contributed by atoms with Crippen molar-refractivity contribution in [2.24, 2.45) is 17.8 Å². The smallest absolute Gasteiger partial charge is 0.326 e. The SMILES string of the molecule is CCOC1OC(C(=O)N2CCC(n3c(=O)[nH]c4ccccc43)CC2)=CC(C(C)C)C1CCOCCOCCO. The fraction of sp³-hybridized carbons (Fsp3) is 0.655. The first-order valence-electron chi connectivity index (χ1n) is 14.2. The van der Waals surface area contributed by atoms with E-state index in [1.54, 1.807) is 0 Å². The molecule has 1 saturated heterocycles. The standard InChI is InChI=1S/C29H43N3O7/c1-4-38-28-22(11-15-36-17-18-37-16-14-33)23(20(2)3)19-26(39-28)27(34)31-12-9-21(10-13-31)32-25-8-6-5-7-24(25)30-29(32)35/h5-8,19-23,28,33H,4,9-18H2,1-3H3,(H,30,35). The number of imidazole rings is 1. The quantitative estimate of drug-likeness (QED) is 0.372. The second-order valence-electron chi connectivity index (χ2n) is 10.5. The zero-order chi connectivity index (χ0) is 27.8. The minimum absolute atomic E-state index is 0.00103. The molecule has 2 aliphatic rings. The number of hydrogen-bond donors (Lipinski definition) is 2. The Hall–Kier alpha value is -2.66. The lowest BCUT2D eigenvalue weighted by Gasteiger charge is -2.40. The lowest BCUT2D eigenvalue weighted by molar-refractivity contribution is -0.180. The maximum Gasteiger partial charge on any atom is 0.326 e. The summed E-state index contributed by atoms with van der Waals surface area (Å²) < 4.78 is 25.0. The van der Waals surface area contributed by atoms with Crippen molar-refractivity contribution >= 4 is 16.9 Å². The molecule has 2 N–H and O–H groups in total. The summed E-state index contributed by atoms with van der Waals surface area (Å²) in [7, 11) is 0. The number of H-pyrrole nitrogens is 1. The van der Waals surface area contributed by atoms with E-state index in [9.17, 15) is 9.59 Å². The van der Waals surface area contributed by atoms with Gasteiger partial charge in [0.1, 0.15) is 0 Å². The van der Waals surface area contributed by atoms with E-state index in [2.05, 4.69) is 18.8 Å². The van der Waals surface area contributed by atoms with Crippen LogP contribution in [0.5, 0.6) is 0 Å². The van der Waals surface area contributed by atoms with Gasteiger partial charge in [0.2, 0.25) is 6.29 Å². The number of hydrogen-bond acceptors (Lipinski definition) is 7. The van der Waals surface area contributed by atoms with Crippen molar-refractivity contribution in [3.8, 4) is 0 Å². The van der Waals surface area contributed by atoms with Gasteiger partial charge in [-0.25, -0.2) is 4.79 Å². The van der Waals surface area contributed by atoms with Crippen molar-refractivity contribution in [1.29, 1.82) is 0 Å². The van der Waals surface area contributed by atoms with Crippen LogP contribution in [0.1, 0.15) is 46.1 Å². The van der Waals surface area contributed by atoms with Crippen LogP contribution in [-0.4, -0.2) is 84.5 Å². The highest BCUT2D eigenvalue weighted by atomic mass is 16.7. The number of carbonyl (C=O) groups is 1. The van der Waals surface area contributed by atoms with Crippen LogP contribution in [-0.2, 0) is 23.7 Å². The fourth-order valence-corrected chi connectivity index (χ4v) is 5.72. The third kappa shape index (κ3) is 7.11. The van der Waals surface area contributed by atoms with Gasteiger partial charge in [0.15, 0.2) is 5.76 Å². The van der Waals surface area contributed by atoms with Crippen molar-refractivity contribution in [1.82, 2.24) is 14.5 Å². The fourth-order valence-electron chi connectivity index (χ4n) is 5.72. The molecular formula is C29H43N3O7. The summed E-state index contributed by atoms with van der Waals surface area (Å²) in [5, 5.41) is 8.80. The normalized spacial score (nSPS) is 22.3. The number of ether oxygens (including phenoxy) is 4. The predicted molar refractivity (Wildman–Crippen MR) is 147 cm³/mol. The lowest BCUT2D eigenvalue weighted by Crippen LogP contribution is -2.45. The first-order chi connectivity index (χ1) is 18.9. The molecule has 10 nitrogen and oxygen atoms in total. The average molecular weight is 546 g/mol. The molecule has 10 heteroatoms. The molecule has 0 spiro atoms. The Morgan fingerprint density at radius 1 is 1.13 bits per heavy atom. The van der Waals surface area contributed by atoms with E-state index in [4.69, 9.17) is 24.1 Å². The monoisotopic (exact) mass is 545 g/mol. The number of likely N-dealkylation sites (tertiary alicyclic amines) is 1. The molecule has 0 aliphatic carbocycles. The van der Waals surface area contributed by atoms with E-state index in [0.29, 0.717) is 64.7 Å². The number of para-hydroxylation sites is 2. The van der Waals surface area contributed by atoms with Gasteiger partial charge in [0, 0.05) is 38.3 Å². The number of amides is 1. The van der Waals surface area contributed by atoms with E-state index in [0.717, 1.165) is 17.5 Å². The maximum absolute atomic E-state index is 13.6. The number of aromatic amines is 1. The highest BCUT2D eigenvalue weighted by Crippen LogP contribution is 2.37. The number of rotatable bonds is 13. The van der Waals surface area contributed by atoms with Gasteiger partial charge in [-0.2, -0.15) is 0 Å². The van der Waals surface area contributed by atoms with Gasteiger partial charge in [0.25, 0.3) is 5.91 Å². The molecule has 3 atom stereocenters. The van der Waals surface area contributed by atoms with Gasteiger partial charge >= 0.3 is 5.69 Å². The number of fused-ring (bicyclic) bond motifs is 1. The van der Waals surface area contributed by atoms with Crippen LogP contribution >= 0.6 is 0 Å². The Kier molecular flexibility index (Phi) is 10.6. The summed E-state index contributed by atoms with van der Waals surface area (Å²) in [6.07, 6.45) is 3.59. The van der Waals surface area contributed by atoms with Gasteiger partial charge in [-0.05, 0) is 56.2 Å². The number of nitrogens with one attached hydrogen (secondary N) is 1. The molecule has 3 unspecified atom stereocenters. The Bertz CT molecular complexity index is 1150. The summed E-state index contributed by atoms with van der Waals surface area (Å²) in [4.78, 5) is 31.0. The first-order valence-corrected chi connectivity index (χ1v) is 14.2. The highest BCUT2D eigenvalue weighted by molar-refractivity contribution is 5.91. The van der Waals surface area contributed by atoms with E-state index in [1.165, 1.54) is 0 Å². The molecule has 2 aliphatic heterocycles. The van der Waals surface area contributed by atoms with Gasteiger partial charge in [-0.15, -0.1) is 0 Å².